The molecular weight excluding hydrogens is 245 g/mol. The highest BCUT2D eigenvalue weighted by Crippen LogP contribution is 2.42. The summed E-state index contributed by atoms with van der Waals surface area (Å²) in [6.07, 6.45) is -3.56. The van der Waals surface area contributed by atoms with E-state index in [1.54, 1.807) is 6.07 Å². The first-order valence-electron chi connectivity index (χ1n) is 5.79. The molecule has 2 unspecified atom stereocenters. The van der Waals surface area contributed by atoms with Crippen LogP contribution in [0.5, 0.6) is 5.75 Å². The molecule has 2 nitrogen and oxygen atoms in total. The standard InChI is InChI=1S/C13H13F3O2/c1-2-10-11(7-12(10)17)8-4-3-5-9(6-8)18-13(14,15)16/h3-6,10-11H,2,7H2,1H3. The maximum atomic E-state index is 12.1. The highest BCUT2D eigenvalue weighted by atomic mass is 19.4. The van der Waals surface area contributed by atoms with E-state index >= 15 is 0 Å². The molecule has 1 aromatic carbocycles. The molecule has 0 heterocycles. The summed E-state index contributed by atoms with van der Waals surface area (Å²) in [7, 11) is 0. The van der Waals surface area contributed by atoms with Gasteiger partial charge in [-0.25, -0.2) is 0 Å². The number of carbonyl (C=O) groups is 1. The molecule has 0 saturated heterocycles. The summed E-state index contributed by atoms with van der Waals surface area (Å²) in [6.45, 7) is 1.91. The quantitative estimate of drug-likeness (QED) is 0.826. The van der Waals surface area contributed by atoms with Crippen molar-refractivity contribution in [1.82, 2.24) is 0 Å². The molecule has 0 spiro atoms. The summed E-state index contributed by atoms with van der Waals surface area (Å²) in [5.41, 5.74) is 0.739. The molecule has 1 saturated carbocycles. The second kappa shape index (κ2) is 4.63. The maximum Gasteiger partial charge on any atom is 0.573 e. The number of ether oxygens (including phenoxy) is 1. The summed E-state index contributed by atoms with van der Waals surface area (Å²) < 4.78 is 40.2. The third kappa shape index (κ3) is 2.66. The highest BCUT2D eigenvalue weighted by molar-refractivity contribution is 5.89. The van der Waals surface area contributed by atoms with Gasteiger partial charge in [0.2, 0.25) is 0 Å². The molecule has 0 amide bonds. The first kappa shape index (κ1) is 12.9. The van der Waals surface area contributed by atoms with Crippen LogP contribution in [0.15, 0.2) is 24.3 Å². The minimum atomic E-state index is -4.68. The number of carbonyl (C=O) groups excluding carboxylic acids is 1. The van der Waals surface area contributed by atoms with Gasteiger partial charge in [-0.05, 0) is 24.1 Å². The van der Waals surface area contributed by atoms with Crippen LogP contribution in [0.4, 0.5) is 13.2 Å². The first-order valence-corrected chi connectivity index (χ1v) is 5.79. The molecule has 2 rings (SSSR count). The molecule has 0 radical (unpaired) electrons. The van der Waals surface area contributed by atoms with Crippen LogP contribution in [0.25, 0.3) is 0 Å². The number of ketones is 1. The predicted octanol–water partition coefficient (Wildman–Crippen LogP) is 3.67. The van der Waals surface area contributed by atoms with Crippen molar-refractivity contribution in [1.29, 1.82) is 0 Å². The van der Waals surface area contributed by atoms with E-state index in [2.05, 4.69) is 4.74 Å². The van der Waals surface area contributed by atoms with Crippen molar-refractivity contribution in [2.45, 2.75) is 32.0 Å². The number of hydrogen-bond donors (Lipinski definition) is 0. The van der Waals surface area contributed by atoms with E-state index in [0.29, 0.717) is 12.8 Å². The number of halogens is 3. The number of hydrogen-bond acceptors (Lipinski definition) is 2. The molecule has 1 fully saturated rings. The summed E-state index contributed by atoms with van der Waals surface area (Å²) >= 11 is 0. The van der Waals surface area contributed by atoms with E-state index < -0.39 is 6.36 Å². The Labute approximate surface area is 103 Å². The average molecular weight is 258 g/mol. The van der Waals surface area contributed by atoms with Gasteiger partial charge in [-0.15, -0.1) is 13.2 Å². The minimum Gasteiger partial charge on any atom is -0.406 e. The Morgan fingerprint density at radius 2 is 2.11 bits per heavy atom. The van der Waals surface area contributed by atoms with Crippen LogP contribution in [0.1, 0.15) is 31.2 Å². The van der Waals surface area contributed by atoms with Crippen molar-refractivity contribution in [3.8, 4) is 5.75 Å². The van der Waals surface area contributed by atoms with Crippen molar-refractivity contribution in [3.05, 3.63) is 29.8 Å². The molecule has 2 atom stereocenters. The van der Waals surface area contributed by atoms with Crippen LogP contribution in [0, 0.1) is 5.92 Å². The van der Waals surface area contributed by atoms with Gasteiger partial charge in [0.05, 0.1) is 0 Å². The Balaban J connectivity index is 2.15. The van der Waals surface area contributed by atoms with Crippen LogP contribution >= 0.6 is 0 Å². The summed E-state index contributed by atoms with van der Waals surface area (Å²) in [6, 6.07) is 5.89. The molecule has 18 heavy (non-hydrogen) atoms. The molecule has 0 aromatic heterocycles. The SMILES string of the molecule is CCC1C(=O)CC1c1cccc(OC(F)(F)F)c1. The van der Waals surface area contributed by atoms with E-state index in [1.165, 1.54) is 18.2 Å². The van der Waals surface area contributed by atoms with Crippen molar-refractivity contribution >= 4 is 5.78 Å². The van der Waals surface area contributed by atoms with Gasteiger partial charge in [-0.3, -0.25) is 4.79 Å². The fourth-order valence-corrected chi connectivity index (χ4v) is 2.38. The van der Waals surface area contributed by atoms with Gasteiger partial charge in [0.15, 0.2) is 0 Å². The van der Waals surface area contributed by atoms with Crippen LogP contribution < -0.4 is 4.74 Å². The lowest BCUT2D eigenvalue weighted by Crippen LogP contribution is -2.34. The monoisotopic (exact) mass is 258 g/mol. The Morgan fingerprint density at radius 3 is 2.67 bits per heavy atom. The largest absolute Gasteiger partial charge is 0.573 e. The fourth-order valence-electron chi connectivity index (χ4n) is 2.38. The van der Waals surface area contributed by atoms with Crippen LogP contribution in [-0.4, -0.2) is 12.1 Å². The third-order valence-corrected chi connectivity index (χ3v) is 3.28. The molecular formula is C13H13F3O2. The predicted molar refractivity (Wildman–Crippen MR) is 59.3 cm³/mol. The van der Waals surface area contributed by atoms with Crippen molar-refractivity contribution in [2.75, 3.05) is 0 Å². The molecule has 1 aliphatic rings. The van der Waals surface area contributed by atoms with E-state index in [0.717, 1.165) is 5.56 Å². The maximum absolute atomic E-state index is 12.1. The number of alkyl halides is 3. The Hall–Kier alpha value is -1.52. The van der Waals surface area contributed by atoms with Gasteiger partial charge in [-0.1, -0.05) is 19.1 Å². The Kier molecular flexibility index (Phi) is 3.32. The molecule has 1 aliphatic carbocycles. The van der Waals surface area contributed by atoms with E-state index in [4.69, 9.17) is 0 Å². The topological polar surface area (TPSA) is 26.3 Å². The second-order valence-electron chi connectivity index (χ2n) is 4.41. The molecule has 0 aliphatic heterocycles. The average Bonchev–Trinajstić information content (AvgIpc) is 2.24. The molecule has 0 N–H and O–H groups in total. The minimum absolute atomic E-state index is 0.0271. The van der Waals surface area contributed by atoms with Gasteiger partial charge in [0.25, 0.3) is 0 Å². The van der Waals surface area contributed by atoms with E-state index in [1.807, 2.05) is 6.92 Å². The van der Waals surface area contributed by atoms with Crippen LogP contribution in [0.3, 0.4) is 0 Å². The molecule has 0 bridgehead atoms. The molecule has 98 valence electrons. The Morgan fingerprint density at radius 1 is 1.39 bits per heavy atom. The van der Waals surface area contributed by atoms with Gasteiger partial charge >= 0.3 is 6.36 Å². The lowest BCUT2D eigenvalue weighted by atomic mass is 9.68. The zero-order chi connectivity index (χ0) is 13.3. The number of rotatable bonds is 3. The summed E-state index contributed by atoms with van der Waals surface area (Å²) in [5, 5.41) is 0. The van der Waals surface area contributed by atoms with Crippen molar-refractivity contribution in [3.63, 3.8) is 0 Å². The Bertz CT molecular complexity index is 454. The lowest BCUT2D eigenvalue weighted by Gasteiger charge is -2.34. The van der Waals surface area contributed by atoms with Crippen molar-refractivity contribution in [2.24, 2.45) is 5.92 Å². The van der Waals surface area contributed by atoms with Gasteiger partial charge in [-0.2, -0.15) is 0 Å². The van der Waals surface area contributed by atoms with Gasteiger partial charge < -0.3 is 4.74 Å². The zero-order valence-electron chi connectivity index (χ0n) is 9.83. The second-order valence-corrected chi connectivity index (χ2v) is 4.41. The summed E-state index contributed by atoms with van der Waals surface area (Å²) in [5.74, 6) is -0.0794. The smallest absolute Gasteiger partial charge is 0.406 e. The third-order valence-electron chi connectivity index (χ3n) is 3.28. The van der Waals surface area contributed by atoms with Gasteiger partial charge in [0.1, 0.15) is 11.5 Å². The summed E-state index contributed by atoms with van der Waals surface area (Å²) in [4.78, 5) is 11.3. The molecule has 5 heteroatoms. The van der Waals surface area contributed by atoms with E-state index in [-0.39, 0.29) is 23.4 Å². The fraction of sp³-hybridized carbons (Fsp3) is 0.462. The number of benzene rings is 1. The normalized spacial score (nSPS) is 23.7. The number of Topliss-reactive ketones (excluding diaryl/α,β-unsaturated/α-hetero) is 1. The first-order chi connectivity index (χ1) is 8.40. The van der Waals surface area contributed by atoms with Crippen LogP contribution in [-0.2, 0) is 4.79 Å². The van der Waals surface area contributed by atoms with E-state index in [9.17, 15) is 18.0 Å². The molecule has 1 aromatic rings. The highest BCUT2D eigenvalue weighted by Gasteiger charge is 2.39. The van der Waals surface area contributed by atoms with Gasteiger partial charge in [0, 0.05) is 18.3 Å². The van der Waals surface area contributed by atoms with Crippen molar-refractivity contribution < 1.29 is 22.7 Å². The zero-order valence-corrected chi connectivity index (χ0v) is 9.83. The van der Waals surface area contributed by atoms with Crippen LogP contribution in [0.2, 0.25) is 0 Å². The lowest BCUT2D eigenvalue weighted by molar-refractivity contribution is -0.274.